The van der Waals surface area contributed by atoms with Gasteiger partial charge >= 0.3 is 0 Å². The Morgan fingerprint density at radius 1 is 1.14 bits per heavy atom. The average molecular weight is 498 g/mol. The second-order valence-electron chi connectivity index (χ2n) is 9.19. The van der Waals surface area contributed by atoms with Gasteiger partial charge in [-0.2, -0.15) is 0 Å². The van der Waals surface area contributed by atoms with Gasteiger partial charge in [-0.25, -0.2) is 13.8 Å². The molecule has 2 aromatic carbocycles. The van der Waals surface area contributed by atoms with Crippen molar-refractivity contribution in [2.24, 2.45) is 0 Å². The third-order valence-corrected chi connectivity index (χ3v) is 6.82. The first-order valence-electron chi connectivity index (χ1n) is 12.2. The summed E-state index contributed by atoms with van der Waals surface area (Å²) in [5.74, 6) is -0.786. The molecular formula is C26H29F2N5O3. The SMILES string of the molecule is CN(CCO)C(=O)c1cc(C2CCCN2c2cc(F)cc(F)c2)c2nc(N3CCOCC3)cnc2c1. The molecule has 3 heterocycles. The Morgan fingerprint density at radius 3 is 2.61 bits per heavy atom. The third kappa shape index (κ3) is 4.83. The zero-order valence-corrected chi connectivity index (χ0v) is 20.2. The van der Waals surface area contributed by atoms with Crippen LogP contribution in [0.4, 0.5) is 20.3 Å². The van der Waals surface area contributed by atoms with Gasteiger partial charge in [-0.15, -0.1) is 0 Å². The fourth-order valence-corrected chi connectivity index (χ4v) is 5.03. The van der Waals surface area contributed by atoms with Gasteiger partial charge in [-0.1, -0.05) is 0 Å². The molecule has 1 amide bonds. The molecule has 190 valence electrons. The van der Waals surface area contributed by atoms with Crippen molar-refractivity contribution in [3.63, 3.8) is 0 Å². The lowest BCUT2D eigenvalue weighted by Crippen LogP contribution is -2.36. The largest absolute Gasteiger partial charge is 0.395 e. The van der Waals surface area contributed by atoms with Crippen LogP contribution in [0.25, 0.3) is 11.0 Å². The lowest BCUT2D eigenvalue weighted by molar-refractivity contribution is 0.0767. The lowest BCUT2D eigenvalue weighted by atomic mass is 9.98. The van der Waals surface area contributed by atoms with Crippen molar-refractivity contribution in [2.45, 2.75) is 18.9 Å². The zero-order valence-electron chi connectivity index (χ0n) is 20.2. The van der Waals surface area contributed by atoms with E-state index >= 15 is 0 Å². The molecule has 1 atom stereocenters. The van der Waals surface area contributed by atoms with Crippen molar-refractivity contribution >= 4 is 28.4 Å². The van der Waals surface area contributed by atoms with Crippen molar-refractivity contribution in [3.05, 3.63) is 59.3 Å². The number of halogens is 2. The number of carbonyl (C=O) groups is 1. The molecule has 0 bridgehead atoms. The number of hydrogen-bond donors (Lipinski definition) is 1. The normalized spacial score (nSPS) is 18.2. The number of carbonyl (C=O) groups excluding carboxylic acids is 1. The van der Waals surface area contributed by atoms with Gasteiger partial charge in [-0.05, 0) is 37.1 Å². The summed E-state index contributed by atoms with van der Waals surface area (Å²) >= 11 is 0. The highest BCUT2D eigenvalue weighted by Gasteiger charge is 2.30. The number of nitrogens with zero attached hydrogens (tertiary/aromatic N) is 5. The van der Waals surface area contributed by atoms with Crippen LogP contribution < -0.4 is 9.80 Å². The van der Waals surface area contributed by atoms with E-state index in [2.05, 4.69) is 9.88 Å². The van der Waals surface area contributed by atoms with E-state index in [4.69, 9.17) is 9.72 Å². The number of anilines is 2. The first-order chi connectivity index (χ1) is 17.4. The molecule has 1 aromatic heterocycles. The van der Waals surface area contributed by atoms with Crippen LogP contribution in [0.1, 0.15) is 34.8 Å². The van der Waals surface area contributed by atoms with E-state index in [-0.39, 0.29) is 25.1 Å². The van der Waals surface area contributed by atoms with E-state index in [9.17, 15) is 18.7 Å². The summed E-state index contributed by atoms with van der Waals surface area (Å²) in [5, 5.41) is 9.29. The molecule has 2 fully saturated rings. The quantitative estimate of drug-likeness (QED) is 0.560. The molecule has 2 aliphatic rings. The monoisotopic (exact) mass is 497 g/mol. The number of morpholine rings is 1. The molecule has 0 saturated carbocycles. The predicted octanol–water partition coefficient (Wildman–Crippen LogP) is 3.15. The van der Waals surface area contributed by atoms with Gasteiger partial charge in [0.2, 0.25) is 0 Å². The molecule has 2 saturated heterocycles. The van der Waals surface area contributed by atoms with Crippen LogP contribution >= 0.6 is 0 Å². The molecule has 1 N–H and O–H groups in total. The summed E-state index contributed by atoms with van der Waals surface area (Å²) < 4.78 is 33.6. The molecule has 5 rings (SSSR count). The molecule has 10 heteroatoms. The minimum Gasteiger partial charge on any atom is -0.395 e. The van der Waals surface area contributed by atoms with E-state index < -0.39 is 11.6 Å². The highest BCUT2D eigenvalue weighted by Crippen LogP contribution is 2.40. The van der Waals surface area contributed by atoms with E-state index in [1.54, 1.807) is 19.3 Å². The summed E-state index contributed by atoms with van der Waals surface area (Å²) in [7, 11) is 1.63. The summed E-state index contributed by atoms with van der Waals surface area (Å²) in [6, 6.07) is 6.82. The van der Waals surface area contributed by atoms with Gasteiger partial charge in [-0.3, -0.25) is 9.78 Å². The van der Waals surface area contributed by atoms with Gasteiger partial charge in [0.1, 0.15) is 17.5 Å². The number of amides is 1. The summed E-state index contributed by atoms with van der Waals surface area (Å²) in [6.07, 6.45) is 3.27. The third-order valence-electron chi connectivity index (χ3n) is 6.82. The van der Waals surface area contributed by atoms with Crippen molar-refractivity contribution in [2.75, 3.05) is 62.8 Å². The van der Waals surface area contributed by atoms with Gasteiger partial charge in [0, 0.05) is 56.1 Å². The number of aromatic nitrogens is 2. The van der Waals surface area contributed by atoms with Crippen LogP contribution in [-0.4, -0.2) is 78.9 Å². The Bertz CT molecular complexity index is 1250. The number of fused-ring (bicyclic) bond motifs is 1. The second kappa shape index (κ2) is 10.3. The van der Waals surface area contributed by atoms with Crippen molar-refractivity contribution in [3.8, 4) is 0 Å². The number of ether oxygens (including phenoxy) is 1. The van der Waals surface area contributed by atoms with Crippen LogP contribution in [0.5, 0.6) is 0 Å². The first kappa shape index (κ1) is 24.3. The van der Waals surface area contributed by atoms with Crippen LogP contribution in [0.2, 0.25) is 0 Å². The Hall–Kier alpha value is -3.37. The number of aliphatic hydroxyl groups is 1. The number of hydrogen-bond acceptors (Lipinski definition) is 7. The minimum atomic E-state index is -0.635. The van der Waals surface area contributed by atoms with Crippen molar-refractivity contribution < 1.29 is 23.4 Å². The van der Waals surface area contributed by atoms with Crippen molar-refractivity contribution in [1.82, 2.24) is 14.9 Å². The number of aliphatic hydroxyl groups excluding tert-OH is 1. The number of rotatable bonds is 6. The van der Waals surface area contributed by atoms with E-state index in [1.807, 2.05) is 11.0 Å². The maximum atomic E-state index is 14.1. The fourth-order valence-electron chi connectivity index (χ4n) is 5.03. The highest BCUT2D eigenvalue weighted by atomic mass is 19.1. The zero-order chi connectivity index (χ0) is 25.2. The average Bonchev–Trinajstić information content (AvgIpc) is 3.37. The topological polar surface area (TPSA) is 82.0 Å². The smallest absolute Gasteiger partial charge is 0.253 e. The number of likely N-dealkylation sites (N-methyl/N-ethyl adjacent to an activating group) is 1. The molecule has 36 heavy (non-hydrogen) atoms. The summed E-state index contributed by atoms with van der Waals surface area (Å²) in [6.45, 7) is 3.30. The van der Waals surface area contributed by atoms with Crippen LogP contribution in [-0.2, 0) is 4.74 Å². The van der Waals surface area contributed by atoms with E-state index in [0.717, 1.165) is 30.3 Å². The van der Waals surface area contributed by atoms with Crippen LogP contribution in [0.3, 0.4) is 0 Å². The summed E-state index contributed by atoms with van der Waals surface area (Å²) in [4.78, 5) is 28.3. The van der Waals surface area contributed by atoms with Gasteiger partial charge in [0.05, 0.1) is 43.1 Å². The van der Waals surface area contributed by atoms with Crippen LogP contribution in [0.15, 0.2) is 36.5 Å². The molecule has 0 aliphatic carbocycles. The molecule has 3 aromatic rings. The maximum Gasteiger partial charge on any atom is 0.253 e. The van der Waals surface area contributed by atoms with Crippen LogP contribution in [0, 0.1) is 11.6 Å². The Morgan fingerprint density at radius 2 is 1.89 bits per heavy atom. The lowest BCUT2D eigenvalue weighted by Gasteiger charge is -2.30. The Balaban J connectivity index is 1.63. The van der Waals surface area contributed by atoms with Gasteiger partial charge in [0.25, 0.3) is 5.91 Å². The molecule has 1 unspecified atom stereocenters. The molecule has 8 nitrogen and oxygen atoms in total. The van der Waals surface area contributed by atoms with E-state index in [0.29, 0.717) is 55.1 Å². The molecule has 0 radical (unpaired) electrons. The maximum absolute atomic E-state index is 14.1. The number of benzene rings is 2. The molecular weight excluding hydrogens is 468 g/mol. The van der Waals surface area contributed by atoms with Crippen molar-refractivity contribution in [1.29, 1.82) is 0 Å². The minimum absolute atomic E-state index is 0.146. The van der Waals surface area contributed by atoms with Gasteiger partial charge < -0.3 is 24.5 Å². The summed E-state index contributed by atoms with van der Waals surface area (Å²) in [5.41, 5.74) is 2.91. The fraction of sp³-hybridized carbons (Fsp3) is 0.423. The predicted molar refractivity (Wildman–Crippen MR) is 132 cm³/mol. The second-order valence-corrected chi connectivity index (χ2v) is 9.19. The Labute approximate surface area is 208 Å². The molecule has 2 aliphatic heterocycles. The highest BCUT2D eigenvalue weighted by molar-refractivity contribution is 5.98. The molecule has 0 spiro atoms. The Kier molecular flexibility index (Phi) is 6.97. The standard InChI is InChI=1S/C26H29F2N5O3/c1-31(5-8-34)26(35)17-11-21(23-3-2-4-33(23)20-14-18(27)13-19(28)15-20)25-22(12-17)29-16-24(30-25)32-6-9-36-10-7-32/h11-16,23,34H,2-10H2,1H3. The first-order valence-corrected chi connectivity index (χ1v) is 12.2. The van der Waals surface area contributed by atoms with E-state index in [1.165, 1.54) is 17.0 Å². The van der Waals surface area contributed by atoms with Gasteiger partial charge in [0.15, 0.2) is 0 Å².